The van der Waals surface area contributed by atoms with Gasteiger partial charge in [0.2, 0.25) is 0 Å². The van der Waals surface area contributed by atoms with Gasteiger partial charge in [-0.1, -0.05) is 308 Å². The summed E-state index contributed by atoms with van der Waals surface area (Å²) in [6.45, 7) is 27.8. The van der Waals surface area contributed by atoms with Gasteiger partial charge in [-0.15, -0.1) is 0 Å². The fourth-order valence-electron chi connectivity index (χ4n) is 10.0. The molecule has 2 atom stereocenters. The van der Waals surface area contributed by atoms with Gasteiger partial charge in [-0.05, 0) is 147 Å². The van der Waals surface area contributed by atoms with Gasteiger partial charge in [-0.2, -0.15) is 0 Å². The number of fused-ring (bicyclic) bond motifs is 4. The van der Waals surface area contributed by atoms with E-state index in [4.69, 9.17) is 0 Å². The highest BCUT2D eigenvalue weighted by Gasteiger charge is 2.39. The Labute approximate surface area is 458 Å². The summed E-state index contributed by atoms with van der Waals surface area (Å²) in [5.41, 5.74) is 22.9. The molecular formula is C76H80. The Morgan fingerprint density at radius 2 is 1.01 bits per heavy atom. The van der Waals surface area contributed by atoms with Crippen LogP contribution >= 0.6 is 0 Å². The second kappa shape index (κ2) is 27.1. The predicted molar refractivity (Wildman–Crippen MR) is 336 cm³/mol. The van der Waals surface area contributed by atoms with Gasteiger partial charge in [0, 0.05) is 5.41 Å². The van der Waals surface area contributed by atoms with E-state index in [1.165, 1.54) is 120 Å². The number of hydrogen-bond acceptors (Lipinski definition) is 0. The molecule has 76 heavy (non-hydrogen) atoms. The van der Waals surface area contributed by atoms with Crippen LogP contribution in [0.25, 0.3) is 61.9 Å². The molecule has 0 saturated heterocycles. The van der Waals surface area contributed by atoms with Crippen molar-refractivity contribution in [2.45, 2.75) is 99.3 Å². The summed E-state index contributed by atoms with van der Waals surface area (Å²) in [6.07, 6.45) is 13.4. The maximum absolute atomic E-state index is 3.87. The predicted octanol–water partition coefficient (Wildman–Crippen LogP) is 21.9. The Hall–Kier alpha value is -7.80. The molecule has 0 heteroatoms. The fraction of sp³-hybridized carbons (Fsp3) is 0.211. The molecule has 0 saturated carbocycles. The summed E-state index contributed by atoms with van der Waals surface area (Å²) in [7, 11) is 0. The summed E-state index contributed by atoms with van der Waals surface area (Å²) in [5.74, 6) is 1.30. The first-order valence-electron chi connectivity index (χ1n) is 27.6. The van der Waals surface area contributed by atoms with Crippen LogP contribution < -0.4 is 0 Å². The Balaban J connectivity index is 0.000000140. The monoisotopic (exact) mass is 993 g/mol. The van der Waals surface area contributed by atoms with Gasteiger partial charge in [-0.25, -0.2) is 0 Å². The summed E-state index contributed by atoms with van der Waals surface area (Å²) in [5, 5.41) is 2.64. The molecule has 0 aliphatic heterocycles. The molecule has 0 bridgehead atoms. The average Bonchev–Trinajstić information content (AvgIpc) is 3.70. The van der Waals surface area contributed by atoms with E-state index in [-0.39, 0.29) is 5.41 Å². The summed E-state index contributed by atoms with van der Waals surface area (Å²) < 4.78 is 0. The zero-order valence-corrected chi connectivity index (χ0v) is 46.9. The summed E-state index contributed by atoms with van der Waals surface area (Å²) in [4.78, 5) is 0. The Morgan fingerprint density at radius 1 is 0.513 bits per heavy atom. The summed E-state index contributed by atoms with van der Waals surface area (Å²) in [6, 6.07) is 75.5. The Bertz CT molecular complexity index is 3340. The van der Waals surface area contributed by atoms with Crippen molar-refractivity contribution in [2.75, 3.05) is 0 Å². The van der Waals surface area contributed by atoms with Crippen molar-refractivity contribution >= 4 is 28.5 Å². The third-order valence-electron chi connectivity index (χ3n) is 14.9. The van der Waals surface area contributed by atoms with Crippen LogP contribution in [0.3, 0.4) is 0 Å². The van der Waals surface area contributed by atoms with Crippen molar-refractivity contribution in [3.63, 3.8) is 0 Å². The number of benzene rings is 9. The Kier molecular flexibility index (Phi) is 20.0. The average molecular weight is 993 g/mol. The van der Waals surface area contributed by atoms with Gasteiger partial charge in [0.1, 0.15) is 0 Å². The molecule has 0 amide bonds. The van der Waals surface area contributed by atoms with Gasteiger partial charge in [-0.3, -0.25) is 0 Å². The largest absolute Gasteiger partial charge is 0.0984 e. The maximum atomic E-state index is 3.87. The minimum absolute atomic E-state index is 0.182. The van der Waals surface area contributed by atoms with Gasteiger partial charge < -0.3 is 0 Å². The normalized spacial score (nSPS) is 13.9. The van der Waals surface area contributed by atoms with Crippen LogP contribution in [-0.4, -0.2) is 0 Å². The fourth-order valence-corrected chi connectivity index (χ4v) is 10.0. The van der Waals surface area contributed by atoms with Crippen molar-refractivity contribution in [3.05, 3.63) is 293 Å². The highest BCUT2D eigenvalue weighted by atomic mass is 14.4. The number of rotatable bonds is 9. The van der Waals surface area contributed by atoms with Crippen molar-refractivity contribution < 1.29 is 0 Å². The van der Waals surface area contributed by atoms with Crippen LogP contribution in [0.2, 0.25) is 0 Å². The van der Waals surface area contributed by atoms with Crippen molar-refractivity contribution in [3.8, 4) is 33.4 Å². The van der Waals surface area contributed by atoms with E-state index in [9.17, 15) is 0 Å². The minimum Gasteiger partial charge on any atom is -0.0984 e. The van der Waals surface area contributed by atoms with E-state index in [0.717, 1.165) is 11.1 Å². The third kappa shape index (κ3) is 14.7. The quantitative estimate of drug-likeness (QED) is 0.135. The molecule has 0 spiro atoms. The molecule has 11 rings (SSSR count). The van der Waals surface area contributed by atoms with Crippen LogP contribution in [0.4, 0.5) is 0 Å². The SMILES string of the molecule is C=Cc1ccc(-c2ccc(C(C)CC)cc2)cc1C=C.CCCc1ccc(-c2ccccc2)cc1.Cc1ccc(-c2ccccc2)cc1.Cc1ccc2c(c1)C(C)(C)C1=CC(C)CC=C12.Cc1ccc2ccccc2c1. The zero-order chi connectivity index (χ0) is 54.0. The molecule has 0 heterocycles. The first-order valence-corrected chi connectivity index (χ1v) is 27.6. The highest BCUT2D eigenvalue weighted by Crippen LogP contribution is 2.52. The molecule has 0 aromatic heterocycles. The topological polar surface area (TPSA) is 0 Å². The first-order chi connectivity index (χ1) is 36.8. The van der Waals surface area contributed by atoms with E-state index in [0.29, 0.717) is 11.8 Å². The lowest BCUT2D eigenvalue weighted by molar-refractivity contribution is 0.633. The van der Waals surface area contributed by atoms with Crippen LogP contribution in [0.1, 0.15) is 117 Å². The molecule has 0 radical (unpaired) electrons. The van der Waals surface area contributed by atoms with E-state index in [2.05, 4.69) is 294 Å². The molecule has 0 fully saturated rings. The van der Waals surface area contributed by atoms with Gasteiger partial charge in [0.15, 0.2) is 0 Å². The molecular weight excluding hydrogens is 913 g/mol. The van der Waals surface area contributed by atoms with Crippen LogP contribution in [0.15, 0.2) is 243 Å². The highest BCUT2D eigenvalue weighted by molar-refractivity contribution is 5.90. The molecule has 0 nitrogen and oxygen atoms in total. The number of aryl methyl sites for hydroxylation is 4. The minimum atomic E-state index is 0.182. The van der Waals surface area contributed by atoms with E-state index in [1.54, 1.807) is 0 Å². The lowest BCUT2D eigenvalue weighted by Crippen LogP contribution is -2.17. The van der Waals surface area contributed by atoms with Crippen LogP contribution in [0.5, 0.6) is 0 Å². The third-order valence-corrected chi connectivity index (χ3v) is 14.9. The number of hydrogen-bond donors (Lipinski definition) is 0. The second-order valence-corrected chi connectivity index (χ2v) is 21.2. The van der Waals surface area contributed by atoms with Gasteiger partial charge in [0.05, 0.1) is 0 Å². The molecule has 2 unspecified atom stereocenters. The standard InChI is InChI=1S/C20H22.C17H20.C15H16.C13H12.C11H10/c1-5-15(4)18-9-11-19(12-10-18)20-13-8-16(6-2)17(7-3)14-20;1-11-5-7-13-14-8-6-12(2)10-16(14)17(3,4)15(13)9-11;1-2-6-13-9-11-15(12-10-13)14-7-4-3-5-8-14;1-11-7-9-13(10-8-11)12-5-3-2-4-6-12;1-9-6-7-10-4-2-3-5-11(10)8-9/h6-15H,2-3,5H2,1,4H3;5,7-10,12H,6H2,1-4H3;3-5,7-12H,2,6H2,1H3;2-10H,1H3;2-8H,1H3. The molecule has 2 aliphatic carbocycles. The van der Waals surface area contributed by atoms with Crippen molar-refractivity contribution in [1.82, 2.24) is 0 Å². The molecule has 384 valence electrons. The van der Waals surface area contributed by atoms with E-state index >= 15 is 0 Å². The molecule has 9 aromatic carbocycles. The van der Waals surface area contributed by atoms with E-state index in [1.807, 2.05) is 18.2 Å². The zero-order valence-electron chi connectivity index (χ0n) is 46.9. The van der Waals surface area contributed by atoms with Crippen LogP contribution in [0, 0.1) is 26.7 Å². The molecule has 2 aliphatic rings. The van der Waals surface area contributed by atoms with Crippen LogP contribution in [-0.2, 0) is 11.8 Å². The molecule has 9 aromatic rings. The van der Waals surface area contributed by atoms with Gasteiger partial charge >= 0.3 is 0 Å². The molecule has 0 N–H and O–H groups in total. The summed E-state index contributed by atoms with van der Waals surface area (Å²) >= 11 is 0. The smallest absolute Gasteiger partial charge is 0.0155 e. The second-order valence-electron chi connectivity index (χ2n) is 21.2. The van der Waals surface area contributed by atoms with Crippen molar-refractivity contribution in [1.29, 1.82) is 0 Å². The van der Waals surface area contributed by atoms with Gasteiger partial charge in [0.25, 0.3) is 0 Å². The number of allylic oxidation sites excluding steroid dienone is 4. The van der Waals surface area contributed by atoms with E-state index < -0.39 is 0 Å². The lowest BCUT2D eigenvalue weighted by atomic mass is 9.78. The van der Waals surface area contributed by atoms with Crippen molar-refractivity contribution in [2.24, 2.45) is 5.92 Å². The maximum Gasteiger partial charge on any atom is 0.0155 e. The lowest BCUT2D eigenvalue weighted by Gasteiger charge is -2.25. The first kappa shape index (κ1) is 55.9. The Morgan fingerprint density at radius 3 is 1.61 bits per heavy atom.